The Labute approximate surface area is 205 Å². The number of aliphatic hydroxyl groups excluding tert-OH is 2. The number of phosphoric acid groups is 1. The lowest BCUT2D eigenvalue weighted by Gasteiger charge is -2.23. The lowest BCUT2D eigenvalue weighted by molar-refractivity contribution is -0.0577. The number of aryl methyl sites for hydroxylation is 1. The van der Waals surface area contributed by atoms with Gasteiger partial charge in [-0.15, -0.1) is 0 Å². The second-order valence-corrected chi connectivity index (χ2v) is 9.86. The van der Waals surface area contributed by atoms with Crippen molar-refractivity contribution in [3.05, 3.63) is 65.7 Å². The number of aromatic amines is 2. The molecule has 0 spiro atoms. The summed E-state index contributed by atoms with van der Waals surface area (Å²) in [6.45, 7) is -0.0957. The van der Waals surface area contributed by atoms with Gasteiger partial charge in [-0.3, -0.25) is 37.7 Å². The van der Waals surface area contributed by atoms with Crippen LogP contribution >= 0.6 is 7.82 Å². The summed E-state index contributed by atoms with van der Waals surface area (Å²) in [6, 6.07) is 0.933. The largest absolute Gasteiger partial charge is 0.472 e. The Morgan fingerprint density at radius 1 is 1.16 bits per heavy atom. The Kier molecular flexibility index (Phi) is 7.77. The number of alkyl halides is 1. The molecule has 37 heavy (non-hydrogen) atoms. The molecule has 2 fully saturated rings. The van der Waals surface area contributed by atoms with Gasteiger partial charge < -0.3 is 24.6 Å². The van der Waals surface area contributed by atoms with Gasteiger partial charge in [-0.1, -0.05) is 0 Å². The minimum atomic E-state index is -5.05. The molecule has 16 nitrogen and oxygen atoms in total. The van der Waals surface area contributed by atoms with Crippen molar-refractivity contribution >= 4 is 7.82 Å². The third kappa shape index (κ3) is 5.73. The van der Waals surface area contributed by atoms with E-state index < -0.39 is 86.6 Å². The average molecular weight is 550 g/mol. The molecule has 18 heteroatoms. The fourth-order valence-electron chi connectivity index (χ4n) is 4.01. The summed E-state index contributed by atoms with van der Waals surface area (Å²) in [5.74, 6) is 0. The van der Waals surface area contributed by atoms with Crippen LogP contribution in [0.5, 0.6) is 0 Å². The maximum absolute atomic E-state index is 15.1. The quantitative estimate of drug-likeness (QED) is 0.220. The van der Waals surface area contributed by atoms with Crippen LogP contribution in [-0.2, 0) is 23.1 Å². The third-order valence-corrected chi connectivity index (χ3v) is 6.87. The van der Waals surface area contributed by atoms with E-state index in [1.54, 1.807) is 0 Å². The monoisotopic (exact) mass is 550 g/mol. The summed E-state index contributed by atoms with van der Waals surface area (Å²) < 4.78 is 49.9. The second-order valence-electron chi connectivity index (χ2n) is 8.45. The molecule has 8 unspecified atom stereocenters. The van der Waals surface area contributed by atoms with Gasteiger partial charge in [-0.2, -0.15) is 0 Å². The van der Waals surface area contributed by atoms with E-state index in [0.717, 1.165) is 16.8 Å². The summed E-state index contributed by atoms with van der Waals surface area (Å²) in [5, 5.41) is 19.8. The number of aliphatic hydroxyl groups is 2. The zero-order valence-corrected chi connectivity index (χ0v) is 20.0. The van der Waals surface area contributed by atoms with Gasteiger partial charge in [0.05, 0.1) is 19.3 Å². The van der Waals surface area contributed by atoms with Crippen LogP contribution < -0.4 is 22.5 Å². The van der Waals surface area contributed by atoms with E-state index in [4.69, 9.17) is 18.5 Å². The molecule has 0 aliphatic carbocycles. The molecule has 2 aliphatic rings. The molecule has 0 aromatic carbocycles. The summed E-state index contributed by atoms with van der Waals surface area (Å²) in [5.41, 5.74) is -2.92. The van der Waals surface area contributed by atoms with Gasteiger partial charge in [0.25, 0.3) is 11.1 Å². The molecule has 5 N–H and O–H groups in total. The van der Waals surface area contributed by atoms with Crippen LogP contribution in [0, 0.1) is 6.92 Å². The number of phosphoric ester groups is 1. The summed E-state index contributed by atoms with van der Waals surface area (Å²) in [4.78, 5) is 61.0. The Hall–Kier alpha value is -2.76. The van der Waals surface area contributed by atoms with Crippen molar-refractivity contribution in [1.29, 1.82) is 0 Å². The number of hydrogen-bond acceptors (Lipinski definition) is 11. The Morgan fingerprint density at radius 2 is 1.86 bits per heavy atom. The van der Waals surface area contributed by atoms with Crippen LogP contribution in [0.25, 0.3) is 0 Å². The van der Waals surface area contributed by atoms with E-state index in [1.807, 2.05) is 4.98 Å². The predicted octanol–water partition coefficient (Wildman–Crippen LogP) is -2.23. The molecule has 0 amide bonds. The molecular weight excluding hydrogens is 526 g/mol. The number of hydrogen-bond donors (Lipinski definition) is 5. The molecule has 4 heterocycles. The maximum atomic E-state index is 15.1. The van der Waals surface area contributed by atoms with Crippen molar-refractivity contribution in [1.82, 2.24) is 19.1 Å². The number of H-pyrrole nitrogens is 2. The highest BCUT2D eigenvalue weighted by molar-refractivity contribution is 7.47. The van der Waals surface area contributed by atoms with Crippen molar-refractivity contribution in [3.63, 3.8) is 0 Å². The van der Waals surface area contributed by atoms with Gasteiger partial charge >= 0.3 is 19.2 Å². The minimum absolute atomic E-state index is 0.110. The molecule has 4 rings (SSSR count). The summed E-state index contributed by atoms with van der Waals surface area (Å²) in [6.07, 6.45) is -8.63. The summed E-state index contributed by atoms with van der Waals surface area (Å²) >= 11 is 0. The molecule has 2 aromatic heterocycles. The molecule has 2 aromatic rings. The highest BCUT2D eigenvalue weighted by Gasteiger charge is 2.50. The Bertz CT molecular complexity index is 1420. The Morgan fingerprint density at radius 3 is 2.54 bits per heavy atom. The second kappa shape index (κ2) is 10.5. The van der Waals surface area contributed by atoms with Crippen LogP contribution in [0.4, 0.5) is 4.39 Å². The lowest BCUT2D eigenvalue weighted by Crippen LogP contribution is -2.36. The molecule has 2 aliphatic heterocycles. The van der Waals surface area contributed by atoms with Gasteiger partial charge in [0.2, 0.25) is 0 Å². The first-order valence-corrected chi connectivity index (χ1v) is 12.4. The minimum Gasteiger partial charge on any atom is -0.394 e. The molecular formula is C19H24FN4O12P. The fourth-order valence-corrected chi connectivity index (χ4v) is 4.96. The molecule has 0 bridgehead atoms. The van der Waals surface area contributed by atoms with Gasteiger partial charge in [-0.05, 0) is 6.92 Å². The maximum Gasteiger partial charge on any atom is 0.472 e. The molecule has 204 valence electrons. The van der Waals surface area contributed by atoms with Crippen molar-refractivity contribution < 1.29 is 42.6 Å². The van der Waals surface area contributed by atoms with E-state index in [-0.39, 0.29) is 12.0 Å². The summed E-state index contributed by atoms with van der Waals surface area (Å²) in [7, 11) is -5.05. The smallest absolute Gasteiger partial charge is 0.394 e. The Balaban J connectivity index is 1.41. The lowest BCUT2D eigenvalue weighted by atomic mass is 10.1. The van der Waals surface area contributed by atoms with Crippen LogP contribution in [-0.4, -0.2) is 78.0 Å². The first kappa shape index (κ1) is 27.3. The van der Waals surface area contributed by atoms with E-state index >= 15 is 4.39 Å². The van der Waals surface area contributed by atoms with Gasteiger partial charge in [-0.25, -0.2) is 18.5 Å². The molecule has 0 saturated carbocycles. The van der Waals surface area contributed by atoms with Crippen molar-refractivity contribution in [2.75, 3.05) is 13.2 Å². The predicted molar refractivity (Wildman–Crippen MR) is 118 cm³/mol. The number of ether oxygens (including phenoxy) is 2. The van der Waals surface area contributed by atoms with Gasteiger partial charge in [0, 0.05) is 30.4 Å². The number of halogens is 1. The van der Waals surface area contributed by atoms with E-state index in [9.17, 15) is 38.8 Å². The number of nitrogens with zero attached hydrogens (tertiary/aromatic N) is 2. The van der Waals surface area contributed by atoms with E-state index in [1.165, 1.54) is 13.1 Å². The first-order chi connectivity index (χ1) is 17.4. The molecule has 8 atom stereocenters. The normalized spacial score (nSPS) is 31.4. The zero-order valence-electron chi connectivity index (χ0n) is 19.1. The van der Waals surface area contributed by atoms with Crippen LogP contribution in [0.3, 0.4) is 0 Å². The van der Waals surface area contributed by atoms with Gasteiger partial charge in [0.1, 0.15) is 24.5 Å². The number of rotatable bonds is 8. The topological polar surface area (TPSA) is 224 Å². The van der Waals surface area contributed by atoms with Crippen LogP contribution in [0.1, 0.15) is 24.4 Å². The molecule has 0 radical (unpaired) electrons. The van der Waals surface area contributed by atoms with E-state index in [2.05, 4.69) is 4.98 Å². The van der Waals surface area contributed by atoms with Crippen LogP contribution in [0.2, 0.25) is 0 Å². The number of nitrogens with one attached hydrogen (secondary N) is 2. The zero-order chi connectivity index (χ0) is 27.1. The van der Waals surface area contributed by atoms with E-state index in [0.29, 0.717) is 4.57 Å². The van der Waals surface area contributed by atoms with Crippen LogP contribution in [0.15, 0.2) is 37.6 Å². The fraction of sp³-hybridized carbons (Fsp3) is 0.579. The highest BCUT2D eigenvalue weighted by atomic mass is 31.2. The molecule has 2 saturated heterocycles. The van der Waals surface area contributed by atoms with Gasteiger partial charge in [0.15, 0.2) is 12.4 Å². The standard InChI is InChI=1S/C19H24FN4O12P/c1-8-5-24(19(30)22-16(8)28)13-4-9(26)11(34-13)7-33-37(31,32)36-15-10(6-25)35-17(14(15)20)23-3-2-12(27)21-18(23)29/h2-3,5,9-11,13-15,17,25-26H,4,6-7H2,1H3,(H,31,32)(H,21,27,29)(H,22,28,30). The van der Waals surface area contributed by atoms with Crippen molar-refractivity contribution in [2.45, 2.75) is 56.4 Å². The highest BCUT2D eigenvalue weighted by Crippen LogP contribution is 2.49. The number of aromatic nitrogens is 4. The third-order valence-electron chi connectivity index (χ3n) is 5.89. The van der Waals surface area contributed by atoms with Crippen molar-refractivity contribution in [2.24, 2.45) is 0 Å². The first-order valence-electron chi connectivity index (χ1n) is 10.9. The average Bonchev–Trinajstić information content (AvgIpc) is 3.34. The SMILES string of the molecule is Cc1cn(C2CC(O)C(COP(=O)(O)OC3C(CO)OC(n4ccc(=O)[nH]c4=O)C3F)O2)c(=O)[nH]c1=O. The van der Waals surface area contributed by atoms with Crippen molar-refractivity contribution in [3.8, 4) is 0 Å².